The van der Waals surface area contributed by atoms with Gasteiger partial charge in [-0.25, -0.2) is 0 Å². The summed E-state index contributed by atoms with van der Waals surface area (Å²) in [5.74, 6) is -0.751. The van der Waals surface area contributed by atoms with Gasteiger partial charge < -0.3 is 10.0 Å². The first-order valence-corrected chi connectivity index (χ1v) is 4.32. The van der Waals surface area contributed by atoms with E-state index in [0.29, 0.717) is 5.56 Å². The number of nitrogens with zero attached hydrogens (tertiary/aromatic N) is 2. The maximum atomic E-state index is 11.6. The number of carbonyl (C=O) groups is 1. The first kappa shape index (κ1) is 6.14. The molecule has 1 saturated heterocycles. The second-order valence-corrected chi connectivity index (χ2v) is 3.26. The minimum absolute atomic E-state index is 0.0862. The van der Waals surface area contributed by atoms with Crippen molar-refractivity contribution in [1.82, 2.24) is 9.88 Å². The van der Waals surface area contributed by atoms with Crippen LogP contribution in [0.25, 0.3) is 0 Å². The molecule has 2 atom stereocenters. The van der Waals surface area contributed by atoms with E-state index in [1.54, 1.807) is 18.3 Å². The summed E-state index contributed by atoms with van der Waals surface area (Å²) in [5, 5.41) is 9.50. The van der Waals surface area contributed by atoms with Crippen molar-refractivity contribution >= 4 is 5.91 Å². The van der Waals surface area contributed by atoms with Crippen LogP contribution < -0.4 is 0 Å². The van der Waals surface area contributed by atoms with Crippen LogP contribution in [-0.4, -0.2) is 34.0 Å². The lowest BCUT2D eigenvalue weighted by molar-refractivity contribution is -0.134. The van der Waals surface area contributed by atoms with Crippen molar-refractivity contribution in [2.45, 2.75) is 18.6 Å². The zero-order valence-corrected chi connectivity index (χ0v) is 7.42. The van der Waals surface area contributed by atoms with Crippen LogP contribution in [0.5, 0.6) is 0 Å². The second kappa shape index (κ2) is 3.38. The molecule has 14 heavy (non-hydrogen) atoms. The van der Waals surface area contributed by atoms with Crippen molar-refractivity contribution in [1.29, 1.82) is 0 Å². The van der Waals surface area contributed by atoms with Crippen LogP contribution in [0.4, 0.5) is 0 Å². The second-order valence-electron chi connectivity index (χ2n) is 3.26. The van der Waals surface area contributed by atoms with Gasteiger partial charge in [0.15, 0.2) is 0 Å². The smallest absolute Gasteiger partial charge is 0.251 e. The number of aliphatic hydroxyl groups excluding tert-OH is 1. The quantitative estimate of drug-likeness (QED) is 0.703. The summed E-state index contributed by atoms with van der Waals surface area (Å²) in [6, 6.07) is 2.72. The Morgan fingerprint density at radius 3 is 3.29 bits per heavy atom. The minimum atomic E-state index is -2.55. The highest BCUT2D eigenvalue weighted by Gasteiger charge is 2.36. The van der Waals surface area contributed by atoms with Crippen LogP contribution >= 0.6 is 0 Å². The molecule has 0 bridgehead atoms. The van der Waals surface area contributed by atoms with Gasteiger partial charge in [-0.2, -0.15) is 0 Å². The monoisotopic (exact) mass is 195 g/mol. The van der Waals surface area contributed by atoms with Crippen molar-refractivity contribution in [3.05, 3.63) is 30.1 Å². The molecule has 0 spiro atoms. The van der Waals surface area contributed by atoms with E-state index in [1.165, 1.54) is 6.20 Å². The lowest BCUT2D eigenvalue weighted by Gasteiger charge is -2.18. The molecule has 1 aliphatic rings. The van der Waals surface area contributed by atoms with Crippen molar-refractivity contribution < 1.29 is 14.0 Å². The average molecular weight is 195 g/mol. The Kier molecular flexibility index (Phi) is 1.48. The van der Waals surface area contributed by atoms with Crippen molar-refractivity contribution in [3.8, 4) is 0 Å². The summed E-state index contributed by atoms with van der Waals surface area (Å²) >= 11 is 0. The van der Waals surface area contributed by atoms with E-state index >= 15 is 0 Å². The molecule has 0 unspecified atom stereocenters. The largest absolute Gasteiger partial charge is 0.383 e. The zero-order valence-electron chi connectivity index (χ0n) is 10.4. The number of hydrogen-bond acceptors (Lipinski definition) is 3. The third kappa shape index (κ3) is 1.37. The van der Waals surface area contributed by atoms with Crippen LogP contribution in [0, 0.1) is 0 Å². The van der Waals surface area contributed by atoms with Crippen LogP contribution in [0.3, 0.4) is 0 Å². The standard InChI is InChI=1S/C10H12N2O2/c1-12-8(5-9(13)10(12)14)7-3-2-4-11-6-7/h2-4,6,8-9,13H,5H2,1H3/t8-,9+/m0/s1/i1D3. The van der Waals surface area contributed by atoms with Gasteiger partial charge in [-0.3, -0.25) is 9.78 Å². The summed E-state index contributed by atoms with van der Waals surface area (Å²) < 4.78 is 22.0. The van der Waals surface area contributed by atoms with Gasteiger partial charge in [-0.15, -0.1) is 0 Å². The lowest BCUT2D eigenvalue weighted by Crippen LogP contribution is -2.26. The Hall–Kier alpha value is -1.42. The molecule has 1 aromatic rings. The normalized spacial score (nSPS) is 31.1. The van der Waals surface area contributed by atoms with Gasteiger partial charge >= 0.3 is 0 Å². The lowest BCUT2D eigenvalue weighted by atomic mass is 10.1. The predicted octanol–water partition coefficient (Wildman–Crippen LogP) is 0.346. The molecular formula is C10H12N2O2. The molecule has 0 saturated carbocycles. The Labute approximate surface area is 86.4 Å². The molecule has 2 rings (SSSR count). The molecule has 1 aliphatic heterocycles. The fourth-order valence-corrected chi connectivity index (χ4v) is 1.59. The number of rotatable bonds is 1. The van der Waals surface area contributed by atoms with E-state index < -0.39 is 25.0 Å². The van der Waals surface area contributed by atoms with Gasteiger partial charge in [0.25, 0.3) is 5.91 Å². The van der Waals surface area contributed by atoms with Crippen LogP contribution in [0.1, 0.15) is 22.1 Å². The molecule has 0 aromatic carbocycles. The maximum absolute atomic E-state index is 11.6. The third-order valence-electron chi connectivity index (χ3n) is 2.35. The Morgan fingerprint density at radius 1 is 1.79 bits per heavy atom. The van der Waals surface area contributed by atoms with E-state index in [-0.39, 0.29) is 6.42 Å². The molecule has 4 nitrogen and oxygen atoms in total. The molecule has 74 valence electrons. The molecule has 0 radical (unpaired) electrons. The first-order chi connectivity index (χ1) is 7.91. The van der Waals surface area contributed by atoms with Gasteiger partial charge in [0.1, 0.15) is 6.10 Å². The molecule has 4 heteroatoms. The van der Waals surface area contributed by atoms with Crippen LogP contribution in [-0.2, 0) is 4.79 Å². The number of likely N-dealkylation sites (tertiary alicyclic amines) is 1. The van der Waals surface area contributed by atoms with Crippen molar-refractivity contribution in [2.24, 2.45) is 0 Å². The molecule has 2 heterocycles. The van der Waals surface area contributed by atoms with Crippen LogP contribution in [0.15, 0.2) is 24.5 Å². The highest BCUT2D eigenvalue weighted by molar-refractivity contribution is 5.83. The molecule has 1 N–H and O–H groups in total. The number of aromatic nitrogens is 1. The Bertz CT molecular complexity index is 421. The summed E-state index contributed by atoms with van der Waals surface area (Å²) in [7, 11) is 0. The highest BCUT2D eigenvalue weighted by Crippen LogP contribution is 2.30. The number of hydrogen-bond donors (Lipinski definition) is 1. The third-order valence-corrected chi connectivity index (χ3v) is 2.35. The fourth-order valence-electron chi connectivity index (χ4n) is 1.59. The van der Waals surface area contributed by atoms with Gasteiger partial charge in [-0.1, -0.05) is 6.07 Å². The first-order valence-electron chi connectivity index (χ1n) is 5.82. The van der Waals surface area contributed by atoms with E-state index in [4.69, 9.17) is 4.11 Å². The van der Waals surface area contributed by atoms with Crippen molar-refractivity contribution in [2.75, 3.05) is 6.98 Å². The van der Waals surface area contributed by atoms with Gasteiger partial charge in [-0.05, 0) is 11.6 Å². The molecule has 0 aliphatic carbocycles. The van der Waals surface area contributed by atoms with Gasteiger partial charge in [0, 0.05) is 29.9 Å². The van der Waals surface area contributed by atoms with E-state index in [2.05, 4.69) is 4.98 Å². The van der Waals surface area contributed by atoms with Crippen LogP contribution in [0.2, 0.25) is 0 Å². The summed E-state index contributed by atoms with van der Waals surface area (Å²) in [4.78, 5) is 16.3. The summed E-state index contributed by atoms with van der Waals surface area (Å²) in [6.45, 7) is -2.55. The minimum Gasteiger partial charge on any atom is -0.383 e. The number of likely N-dealkylation sites (N-methyl/N-ethyl adjacent to an activating group) is 1. The predicted molar refractivity (Wildman–Crippen MR) is 50.4 cm³/mol. The maximum Gasteiger partial charge on any atom is 0.251 e. The molecule has 1 fully saturated rings. The van der Waals surface area contributed by atoms with Crippen molar-refractivity contribution in [3.63, 3.8) is 0 Å². The summed E-state index contributed by atoms with van der Waals surface area (Å²) in [5.41, 5.74) is 0.619. The van der Waals surface area contributed by atoms with E-state index in [0.717, 1.165) is 4.90 Å². The average Bonchev–Trinajstić information content (AvgIpc) is 2.56. The molecule has 1 aromatic heterocycles. The Morgan fingerprint density at radius 2 is 2.64 bits per heavy atom. The number of pyridine rings is 1. The number of aliphatic hydroxyl groups is 1. The SMILES string of the molecule is [2H]C([2H])([2H])N1C(=O)[C@H](O)C[C@H]1c1cccnc1. The fraction of sp³-hybridized carbons (Fsp3) is 0.400. The van der Waals surface area contributed by atoms with E-state index in [1.807, 2.05) is 0 Å². The topological polar surface area (TPSA) is 53.4 Å². The number of carbonyl (C=O) groups excluding carboxylic acids is 1. The highest BCUT2D eigenvalue weighted by atomic mass is 16.3. The van der Waals surface area contributed by atoms with Gasteiger partial charge in [0.05, 0.1) is 6.04 Å². The number of amides is 1. The Balaban J connectivity index is 2.37. The molecule has 1 amide bonds. The summed E-state index contributed by atoms with van der Waals surface area (Å²) in [6.07, 6.45) is 1.91. The van der Waals surface area contributed by atoms with Gasteiger partial charge in [0.2, 0.25) is 0 Å². The molecular weight excluding hydrogens is 180 g/mol. The van der Waals surface area contributed by atoms with E-state index in [9.17, 15) is 9.90 Å². The zero-order chi connectivity index (χ0) is 12.6.